The molecule has 5 heteroatoms. The van der Waals surface area contributed by atoms with Gasteiger partial charge in [-0.1, -0.05) is 0 Å². The zero-order chi connectivity index (χ0) is 13.0. The van der Waals surface area contributed by atoms with Crippen molar-refractivity contribution in [3.8, 4) is 0 Å². The van der Waals surface area contributed by atoms with Gasteiger partial charge in [0.2, 0.25) is 5.91 Å². The Kier molecular flexibility index (Phi) is 4.45. The van der Waals surface area contributed by atoms with E-state index in [0.29, 0.717) is 0 Å². The Morgan fingerprint density at radius 1 is 1.59 bits per heavy atom. The van der Waals surface area contributed by atoms with Crippen LogP contribution in [-0.4, -0.2) is 28.6 Å². The van der Waals surface area contributed by atoms with Gasteiger partial charge >= 0.3 is 0 Å². The minimum Gasteiger partial charge on any atom is -0.392 e. The zero-order valence-electron chi connectivity index (χ0n) is 10.5. The van der Waals surface area contributed by atoms with Crippen molar-refractivity contribution in [3.63, 3.8) is 0 Å². The predicted octanol–water partition coefficient (Wildman–Crippen LogP) is 0.582. The van der Waals surface area contributed by atoms with E-state index < -0.39 is 0 Å². The van der Waals surface area contributed by atoms with E-state index >= 15 is 0 Å². The lowest BCUT2D eigenvalue weighted by Gasteiger charge is -2.28. The van der Waals surface area contributed by atoms with Crippen LogP contribution >= 0.6 is 0 Å². The number of aryl methyl sites for hydroxylation is 1. The van der Waals surface area contributed by atoms with Gasteiger partial charge in [0.05, 0.1) is 13.2 Å². The third kappa shape index (κ3) is 3.42. The van der Waals surface area contributed by atoms with E-state index in [1.54, 1.807) is 6.20 Å². The van der Waals surface area contributed by atoms with E-state index in [4.69, 9.17) is 10.8 Å². The van der Waals surface area contributed by atoms with Crippen LogP contribution in [0.2, 0.25) is 0 Å². The Hall–Kier alpha value is -1.62. The van der Waals surface area contributed by atoms with Crippen LogP contribution in [0.25, 0.3) is 0 Å². The standard InChI is InChI=1S/C12H19N3O2/c1-8(2)15(6-11(13)17)12-9(3)4-10(7-16)5-14-12/h4-5,8,16H,6-7H2,1-3H3,(H2,13,17). The van der Waals surface area contributed by atoms with Gasteiger partial charge in [-0.15, -0.1) is 0 Å². The quantitative estimate of drug-likeness (QED) is 0.785. The fourth-order valence-electron chi connectivity index (χ4n) is 1.68. The summed E-state index contributed by atoms with van der Waals surface area (Å²) in [4.78, 5) is 17.2. The largest absolute Gasteiger partial charge is 0.392 e. The molecule has 3 N–H and O–H groups in total. The molecule has 0 unspecified atom stereocenters. The van der Waals surface area contributed by atoms with Crippen molar-refractivity contribution in [2.75, 3.05) is 11.4 Å². The SMILES string of the molecule is Cc1cc(CO)cnc1N(CC(N)=O)C(C)C. The van der Waals surface area contributed by atoms with Crippen LogP contribution < -0.4 is 10.6 Å². The first-order valence-electron chi connectivity index (χ1n) is 5.57. The number of aliphatic hydroxyl groups is 1. The number of amides is 1. The van der Waals surface area contributed by atoms with Crippen molar-refractivity contribution in [3.05, 3.63) is 23.4 Å². The van der Waals surface area contributed by atoms with Crippen molar-refractivity contribution in [2.45, 2.75) is 33.4 Å². The van der Waals surface area contributed by atoms with Gasteiger partial charge in [-0.2, -0.15) is 0 Å². The minimum atomic E-state index is -0.383. The van der Waals surface area contributed by atoms with Gasteiger partial charge in [0.1, 0.15) is 5.82 Å². The number of nitrogens with two attached hydrogens (primary N) is 1. The third-order valence-electron chi connectivity index (χ3n) is 2.51. The first-order valence-corrected chi connectivity index (χ1v) is 5.57. The van der Waals surface area contributed by atoms with Crippen molar-refractivity contribution in [2.24, 2.45) is 5.73 Å². The number of primary amides is 1. The van der Waals surface area contributed by atoms with Crippen molar-refractivity contribution < 1.29 is 9.90 Å². The molecular formula is C12H19N3O2. The monoisotopic (exact) mass is 237 g/mol. The van der Waals surface area contributed by atoms with Crippen LogP contribution in [0.4, 0.5) is 5.82 Å². The number of aromatic nitrogens is 1. The summed E-state index contributed by atoms with van der Waals surface area (Å²) >= 11 is 0. The molecule has 1 rings (SSSR count). The predicted molar refractivity (Wildman–Crippen MR) is 66.6 cm³/mol. The molecule has 1 heterocycles. The molecule has 94 valence electrons. The molecule has 0 bridgehead atoms. The molecule has 1 aromatic heterocycles. The molecular weight excluding hydrogens is 218 g/mol. The van der Waals surface area contributed by atoms with Gasteiger partial charge in [0, 0.05) is 12.2 Å². The highest BCUT2D eigenvalue weighted by atomic mass is 16.3. The molecule has 0 atom stereocenters. The number of rotatable bonds is 5. The average Bonchev–Trinajstić information content (AvgIpc) is 2.25. The summed E-state index contributed by atoms with van der Waals surface area (Å²) in [5.41, 5.74) is 6.91. The number of carbonyl (C=O) groups excluding carboxylic acids is 1. The molecule has 1 amide bonds. The Bertz CT molecular complexity index is 405. The van der Waals surface area contributed by atoms with Gasteiger partial charge in [0.25, 0.3) is 0 Å². The van der Waals surface area contributed by atoms with E-state index in [1.807, 2.05) is 31.7 Å². The fraction of sp³-hybridized carbons (Fsp3) is 0.500. The minimum absolute atomic E-state index is 0.0361. The highest BCUT2D eigenvalue weighted by Gasteiger charge is 2.16. The van der Waals surface area contributed by atoms with E-state index in [-0.39, 0.29) is 25.1 Å². The number of pyridine rings is 1. The van der Waals surface area contributed by atoms with E-state index in [2.05, 4.69) is 4.98 Å². The number of nitrogens with zero attached hydrogens (tertiary/aromatic N) is 2. The molecule has 0 spiro atoms. The molecule has 0 saturated carbocycles. The fourth-order valence-corrected chi connectivity index (χ4v) is 1.68. The normalized spacial score (nSPS) is 10.6. The number of carbonyl (C=O) groups is 1. The molecule has 0 radical (unpaired) electrons. The molecule has 0 saturated heterocycles. The van der Waals surface area contributed by atoms with E-state index in [0.717, 1.165) is 16.9 Å². The molecule has 17 heavy (non-hydrogen) atoms. The molecule has 1 aromatic rings. The maximum Gasteiger partial charge on any atom is 0.237 e. The number of hydrogen-bond donors (Lipinski definition) is 2. The topological polar surface area (TPSA) is 79.5 Å². The highest BCUT2D eigenvalue weighted by molar-refractivity contribution is 5.79. The summed E-state index contributed by atoms with van der Waals surface area (Å²) in [5.74, 6) is 0.349. The van der Waals surface area contributed by atoms with Crippen LogP contribution in [0, 0.1) is 6.92 Å². The van der Waals surface area contributed by atoms with Crippen molar-refractivity contribution in [1.82, 2.24) is 4.98 Å². The second-order valence-corrected chi connectivity index (χ2v) is 4.33. The lowest BCUT2D eigenvalue weighted by molar-refractivity contribution is -0.116. The van der Waals surface area contributed by atoms with Gasteiger partial charge in [-0.05, 0) is 38.0 Å². The Labute approximate surface area is 101 Å². The van der Waals surface area contributed by atoms with Gasteiger partial charge in [0.15, 0.2) is 0 Å². The highest BCUT2D eigenvalue weighted by Crippen LogP contribution is 2.19. The summed E-state index contributed by atoms with van der Waals surface area (Å²) < 4.78 is 0. The Balaban J connectivity index is 3.06. The van der Waals surface area contributed by atoms with Gasteiger partial charge in [-0.3, -0.25) is 4.79 Å². The van der Waals surface area contributed by atoms with Gasteiger partial charge < -0.3 is 15.7 Å². The first kappa shape index (κ1) is 13.4. The van der Waals surface area contributed by atoms with Crippen LogP contribution in [0.5, 0.6) is 0 Å². The first-order chi connectivity index (χ1) is 7.95. The van der Waals surface area contributed by atoms with E-state index in [1.165, 1.54) is 0 Å². The molecule has 0 aromatic carbocycles. The maximum absolute atomic E-state index is 11.0. The van der Waals surface area contributed by atoms with Crippen LogP contribution in [0.15, 0.2) is 12.3 Å². The Morgan fingerprint density at radius 2 is 2.24 bits per heavy atom. The van der Waals surface area contributed by atoms with Crippen molar-refractivity contribution in [1.29, 1.82) is 0 Å². The second kappa shape index (κ2) is 5.63. The maximum atomic E-state index is 11.0. The van der Waals surface area contributed by atoms with Gasteiger partial charge in [-0.25, -0.2) is 4.98 Å². The molecule has 5 nitrogen and oxygen atoms in total. The molecule has 0 aliphatic rings. The van der Waals surface area contributed by atoms with Crippen LogP contribution in [0.1, 0.15) is 25.0 Å². The summed E-state index contributed by atoms with van der Waals surface area (Å²) in [6, 6.07) is 1.99. The second-order valence-electron chi connectivity index (χ2n) is 4.33. The van der Waals surface area contributed by atoms with Crippen LogP contribution in [-0.2, 0) is 11.4 Å². The molecule has 0 aliphatic heterocycles. The molecule has 0 aliphatic carbocycles. The number of hydrogen-bond acceptors (Lipinski definition) is 4. The molecule has 0 fully saturated rings. The summed E-state index contributed by atoms with van der Waals surface area (Å²) in [6.45, 7) is 5.96. The summed E-state index contributed by atoms with van der Waals surface area (Å²) in [5, 5.41) is 9.02. The smallest absolute Gasteiger partial charge is 0.237 e. The lowest BCUT2D eigenvalue weighted by atomic mass is 10.2. The van der Waals surface area contributed by atoms with E-state index in [9.17, 15) is 4.79 Å². The van der Waals surface area contributed by atoms with Crippen molar-refractivity contribution >= 4 is 11.7 Å². The lowest BCUT2D eigenvalue weighted by Crippen LogP contribution is -2.39. The summed E-state index contributed by atoms with van der Waals surface area (Å²) in [7, 11) is 0. The summed E-state index contributed by atoms with van der Waals surface area (Å²) in [6.07, 6.45) is 1.61. The number of anilines is 1. The number of aliphatic hydroxyl groups excluding tert-OH is 1. The third-order valence-corrected chi connectivity index (χ3v) is 2.51. The average molecular weight is 237 g/mol. The Morgan fingerprint density at radius 3 is 2.65 bits per heavy atom. The van der Waals surface area contributed by atoms with Crippen LogP contribution in [0.3, 0.4) is 0 Å². The zero-order valence-corrected chi connectivity index (χ0v) is 10.5.